The summed E-state index contributed by atoms with van der Waals surface area (Å²) in [4.78, 5) is 11.7. The molecule has 1 aromatic carbocycles. The number of nitrogens with one attached hydrogen (secondary N) is 1. The third-order valence-electron chi connectivity index (χ3n) is 3.26. The summed E-state index contributed by atoms with van der Waals surface area (Å²) in [6.07, 6.45) is 1.47. The van der Waals surface area contributed by atoms with Gasteiger partial charge in [-0.25, -0.2) is 0 Å². The molecular formula is C16H20N2O2. The third-order valence-corrected chi connectivity index (χ3v) is 3.26. The largest absolute Gasteiger partial charge is 0.459 e. The molecule has 0 saturated heterocycles. The molecule has 3 N–H and O–H groups in total. The fourth-order valence-corrected chi connectivity index (χ4v) is 1.94. The zero-order valence-corrected chi connectivity index (χ0v) is 11.8. The van der Waals surface area contributed by atoms with Crippen LogP contribution in [0.25, 0.3) is 0 Å². The SMILES string of the molecule is CC(C)c1ccc(C(N)CNC(=O)c2ccco2)cc1. The molecule has 0 bridgehead atoms. The van der Waals surface area contributed by atoms with E-state index in [1.807, 2.05) is 12.1 Å². The van der Waals surface area contributed by atoms with Crippen LogP contribution in [0.1, 0.15) is 47.5 Å². The average Bonchev–Trinajstić information content (AvgIpc) is 2.98. The van der Waals surface area contributed by atoms with Gasteiger partial charge >= 0.3 is 0 Å². The fraction of sp³-hybridized carbons (Fsp3) is 0.312. The molecule has 4 heteroatoms. The van der Waals surface area contributed by atoms with Crippen LogP contribution in [0.4, 0.5) is 0 Å². The lowest BCUT2D eigenvalue weighted by molar-refractivity contribution is 0.0923. The smallest absolute Gasteiger partial charge is 0.287 e. The van der Waals surface area contributed by atoms with Gasteiger partial charge in [-0.05, 0) is 29.2 Å². The number of hydrogen-bond acceptors (Lipinski definition) is 3. The molecule has 0 spiro atoms. The van der Waals surface area contributed by atoms with Gasteiger partial charge in [-0.3, -0.25) is 4.79 Å². The van der Waals surface area contributed by atoms with Crippen molar-refractivity contribution in [3.05, 3.63) is 59.5 Å². The first-order valence-electron chi connectivity index (χ1n) is 6.75. The van der Waals surface area contributed by atoms with Crippen molar-refractivity contribution in [1.29, 1.82) is 0 Å². The Balaban J connectivity index is 1.91. The van der Waals surface area contributed by atoms with E-state index in [1.165, 1.54) is 11.8 Å². The highest BCUT2D eigenvalue weighted by Crippen LogP contribution is 2.17. The highest BCUT2D eigenvalue weighted by Gasteiger charge is 2.11. The average molecular weight is 272 g/mol. The predicted molar refractivity (Wildman–Crippen MR) is 78.5 cm³/mol. The molecule has 20 heavy (non-hydrogen) atoms. The second-order valence-electron chi connectivity index (χ2n) is 5.12. The summed E-state index contributed by atoms with van der Waals surface area (Å²) < 4.78 is 5.02. The van der Waals surface area contributed by atoms with Crippen molar-refractivity contribution in [2.45, 2.75) is 25.8 Å². The number of nitrogens with two attached hydrogens (primary N) is 1. The van der Waals surface area contributed by atoms with Gasteiger partial charge in [0.25, 0.3) is 5.91 Å². The summed E-state index contributed by atoms with van der Waals surface area (Å²) in [5.74, 6) is 0.551. The Morgan fingerprint density at radius 1 is 1.20 bits per heavy atom. The van der Waals surface area contributed by atoms with Crippen molar-refractivity contribution in [2.24, 2.45) is 5.73 Å². The maximum atomic E-state index is 11.7. The molecule has 1 atom stereocenters. The maximum absolute atomic E-state index is 11.7. The Bertz CT molecular complexity index is 544. The summed E-state index contributed by atoms with van der Waals surface area (Å²) in [7, 11) is 0. The van der Waals surface area contributed by atoms with Crippen LogP contribution in [-0.4, -0.2) is 12.5 Å². The highest BCUT2D eigenvalue weighted by molar-refractivity contribution is 5.91. The molecule has 1 aromatic heterocycles. The molecule has 106 valence electrons. The van der Waals surface area contributed by atoms with Gasteiger partial charge < -0.3 is 15.5 Å². The second kappa shape index (κ2) is 6.39. The molecule has 2 rings (SSSR count). The van der Waals surface area contributed by atoms with Gasteiger partial charge in [0.05, 0.1) is 6.26 Å². The second-order valence-corrected chi connectivity index (χ2v) is 5.12. The summed E-state index contributed by atoms with van der Waals surface area (Å²) in [6.45, 7) is 4.68. The standard InChI is InChI=1S/C16H20N2O2/c1-11(2)12-5-7-13(8-6-12)14(17)10-18-16(19)15-4-3-9-20-15/h3-9,11,14H,10,17H2,1-2H3,(H,18,19). The lowest BCUT2D eigenvalue weighted by Gasteiger charge is -2.14. The van der Waals surface area contributed by atoms with E-state index in [-0.39, 0.29) is 11.9 Å². The van der Waals surface area contributed by atoms with Gasteiger partial charge in [-0.15, -0.1) is 0 Å². The van der Waals surface area contributed by atoms with Crippen molar-refractivity contribution in [3.63, 3.8) is 0 Å². The van der Waals surface area contributed by atoms with E-state index in [9.17, 15) is 4.79 Å². The van der Waals surface area contributed by atoms with Crippen molar-refractivity contribution < 1.29 is 9.21 Å². The minimum Gasteiger partial charge on any atom is -0.459 e. The Hall–Kier alpha value is -2.07. The number of carbonyl (C=O) groups excluding carboxylic acids is 1. The molecule has 1 heterocycles. The van der Waals surface area contributed by atoms with Gasteiger partial charge in [0.15, 0.2) is 5.76 Å². The van der Waals surface area contributed by atoms with E-state index in [0.717, 1.165) is 5.56 Å². The van der Waals surface area contributed by atoms with Crippen LogP contribution in [0, 0.1) is 0 Å². The molecule has 1 unspecified atom stereocenters. The first-order chi connectivity index (χ1) is 9.58. The molecule has 4 nitrogen and oxygen atoms in total. The van der Waals surface area contributed by atoms with Gasteiger partial charge in [0.2, 0.25) is 0 Å². The van der Waals surface area contributed by atoms with Crippen LogP contribution in [-0.2, 0) is 0 Å². The van der Waals surface area contributed by atoms with Crippen molar-refractivity contribution in [2.75, 3.05) is 6.54 Å². The molecular weight excluding hydrogens is 252 g/mol. The third kappa shape index (κ3) is 3.48. The minimum atomic E-state index is -0.246. The Morgan fingerprint density at radius 2 is 1.85 bits per heavy atom. The predicted octanol–water partition coefficient (Wildman–Crippen LogP) is 2.83. The first kappa shape index (κ1) is 14.3. The Kier molecular flexibility index (Phi) is 4.58. The normalized spacial score (nSPS) is 12.4. The van der Waals surface area contributed by atoms with Crippen molar-refractivity contribution in [3.8, 4) is 0 Å². The van der Waals surface area contributed by atoms with E-state index >= 15 is 0 Å². The number of rotatable bonds is 5. The van der Waals surface area contributed by atoms with E-state index in [2.05, 4.69) is 31.3 Å². The monoisotopic (exact) mass is 272 g/mol. The molecule has 1 amide bonds. The van der Waals surface area contributed by atoms with Crippen LogP contribution < -0.4 is 11.1 Å². The fourth-order valence-electron chi connectivity index (χ4n) is 1.94. The van der Waals surface area contributed by atoms with Crippen LogP contribution in [0.5, 0.6) is 0 Å². The van der Waals surface area contributed by atoms with Crippen molar-refractivity contribution >= 4 is 5.91 Å². The molecule has 0 fully saturated rings. The van der Waals surface area contributed by atoms with E-state index in [4.69, 9.17) is 10.2 Å². The molecule has 2 aromatic rings. The molecule has 0 radical (unpaired) electrons. The van der Waals surface area contributed by atoms with Gasteiger partial charge in [-0.1, -0.05) is 38.1 Å². The Labute approximate surface area is 119 Å². The summed E-state index contributed by atoms with van der Waals surface area (Å²) in [5, 5.41) is 2.76. The molecule has 0 aliphatic heterocycles. The molecule has 0 saturated carbocycles. The van der Waals surface area contributed by atoms with Gasteiger partial charge in [-0.2, -0.15) is 0 Å². The van der Waals surface area contributed by atoms with Crippen LogP contribution in [0.15, 0.2) is 47.1 Å². The summed E-state index contributed by atoms with van der Waals surface area (Å²) >= 11 is 0. The number of benzene rings is 1. The number of hydrogen-bond donors (Lipinski definition) is 2. The van der Waals surface area contributed by atoms with Crippen molar-refractivity contribution in [1.82, 2.24) is 5.32 Å². The van der Waals surface area contributed by atoms with Crippen LogP contribution >= 0.6 is 0 Å². The van der Waals surface area contributed by atoms with Gasteiger partial charge in [0.1, 0.15) is 0 Å². The first-order valence-corrected chi connectivity index (χ1v) is 6.75. The minimum absolute atomic E-state index is 0.227. The summed E-state index contributed by atoms with van der Waals surface area (Å²) in [6, 6.07) is 11.3. The number of carbonyl (C=O) groups is 1. The van der Waals surface area contributed by atoms with E-state index < -0.39 is 0 Å². The quantitative estimate of drug-likeness (QED) is 0.879. The number of furan rings is 1. The zero-order valence-electron chi connectivity index (χ0n) is 11.8. The Morgan fingerprint density at radius 3 is 2.40 bits per heavy atom. The molecule has 0 aliphatic rings. The maximum Gasteiger partial charge on any atom is 0.287 e. The lowest BCUT2D eigenvalue weighted by Crippen LogP contribution is -2.31. The summed E-state index contributed by atoms with van der Waals surface area (Å²) in [5.41, 5.74) is 8.36. The van der Waals surface area contributed by atoms with Crippen LogP contribution in [0.2, 0.25) is 0 Å². The van der Waals surface area contributed by atoms with E-state index in [1.54, 1.807) is 12.1 Å². The number of amides is 1. The van der Waals surface area contributed by atoms with Crippen LogP contribution in [0.3, 0.4) is 0 Å². The highest BCUT2D eigenvalue weighted by atomic mass is 16.3. The van der Waals surface area contributed by atoms with E-state index in [0.29, 0.717) is 18.2 Å². The zero-order chi connectivity index (χ0) is 14.5. The van der Waals surface area contributed by atoms with Gasteiger partial charge in [0, 0.05) is 12.6 Å². The lowest BCUT2D eigenvalue weighted by atomic mass is 9.99. The molecule has 0 aliphatic carbocycles. The topological polar surface area (TPSA) is 68.3 Å².